The molecule has 2 aliphatic heterocycles. The monoisotopic (exact) mass is 539 g/mol. The van der Waals surface area contributed by atoms with Crippen molar-refractivity contribution in [2.45, 2.75) is 43.9 Å². The van der Waals surface area contributed by atoms with E-state index in [9.17, 15) is 4.79 Å². The van der Waals surface area contributed by atoms with Crippen LogP contribution in [0.3, 0.4) is 0 Å². The number of aliphatic imine (C=N–C) groups is 2. The predicted molar refractivity (Wildman–Crippen MR) is 159 cm³/mol. The largest absolute Gasteiger partial charge is 0.323 e. The zero-order valence-electron chi connectivity index (χ0n) is 22.1. The molecule has 3 heterocycles. The van der Waals surface area contributed by atoms with E-state index in [4.69, 9.17) is 16.6 Å². The van der Waals surface area contributed by atoms with Gasteiger partial charge in [-0.05, 0) is 86.0 Å². The van der Waals surface area contributed by atoms with Crippen molar-refractivity contribution < 1.29 is 4.79 Å². The first-order chi connectivity index (χ1) is 19.1. The lowest BCUT2D eigenvalue weighted by Gasteiger charge is -2.32. The molecule has 2 fully saturated rings. The van der Waals surface area contributed by atoms with E-state index in [0.717, 1.165) is 85.3 Å². The van der Waals surface area contributed by atoms with Gasteiger partial charge in [0.1, 0.15) is 5.78 Å². The number of aromatic nitrogens is 1. The van der Waals surface area contributed by atoms with E-state index in [1.165, 1.54) is 0 Å². The summed E-state index contributed by atoms with van der Waals surface area (Å²) < 4.78 is 0. The van der Waals surface area contributed by atoms with Crippen molar-refractivity contribution in [2.75, 3.05) is 25.0 Å². The molecule has 2 unspecified atom stereocenters. The first-order valence-corrected chi connectivity index (χ1v) is 14.4. The lowest BCUT2D eigenvalue weighted by Crippen LogP contribution is -2.40. The molecule has 0 amide bonds. The van der Waals surface area contributed by atoms with Crippen LogP contribution in [0.4, 0.5) is 5.69 Å². The molecule has 39 heavy (non-hydrogen) atoms. The van der Waals surface area contributed by atoms with Crippen LogP contribution >= 0.6 is 11.6 Å². The number of hydrogen-bond donors (Lipinski definition) is 2. The fourth-order valence-corrected chi connectivity index (χ4v) is 6.50. The highest BCUT2D eigenvalue weighted by atomic mass is 35.5. The molecule has 1 saturated heterocycles. The number of aryl methyl sites for hydroxylation is 1. The lowest BCUT2D eigenvalue weighted by molar-refractivity contribution is -0.130. The minimum atomic E-state index is -0.293. The number of halogens is 1. The maximum absolute atomic E-state index is 13.2. The van der Waals surface area contributed by atoms with Crippen LogP contribution < -0.4 is 10.6 Å². The fraction of sp³-hybridized carbons (Fsp3) is 0.375. The van der Waals surface area contributed by atoms with E-state index in [-0.39, 0.29) is 16.7 Å². The van der Waals surface area contributed by atoms with Crippen LogP contribution in [0.25, 0.3) is 11.1 Å². The third-order valence-corrected chi connectivity index (χ3v) is 8.79. The summed E-state index contributed by atoms with van der Waals surface area (Å²) in [6.45, 7) is 2.38. The standard InChI is InChI=1S/C32H34ClN5O/c33-28-21-36-31(38-29(28)26-8-4-7-25(18-26)23-5-2-1-3-6-23)37-27-17-22(19-35-20-27)9-10-24-11-12-32(30(24)39)13-15-34-16-14-32/h1-8,17-20,24,28,34H,9-16,21H2,(H,36,37). The highest BCUT2D eigenvalue weighted by Gasteiger charge is 2.47. The molecular formula is C32H34ClN5O. The van der Waals surface area contributed by atoms with Gasteiger partial charge in [-0.2, -0.15) is 0 Å². The number of rotatable bonds is 6. The SMILES string of the molecule is O=C1C(CCc2cncc(NC3=NCC(Cl)C(c4cccc(-c5ccccc5)c4)=N3)c2)CCC12CCNCC2. The molecule has 2 N–H and O–H groups in total. The minimum Gasteiger partial charge on any atom is -0.323 e. The first kappa shape index (κ1) is 25.9. The molecule has 2 aromatic carbocycles. The summed E-state index contributed by atoms with van der Waals surface area (Å²) in [5, 5.41) is 6.44. The van der Waals surface area contributed by atoms with Gasteiger partial charge < -0.3 is 10.6 Å². The van der Waals surface area contributed by atoms with Gasteiger partial charge in [-0.15, -0.1) is 11.6 Å². The Morgan fingerprint density at radius 3 is 2.59 bits per heavy atom. The average Bonchev–Trinajstić information content (AvgIpc) is 3.28. The number of pyridine rings is 1. The van der Waals surface area contributed by atoms with E-state index in [0.29, 0.717) is 18.3 Å². The molecule has 6 nitrogen and oxygen atoms in total. The Kier molecular flexibility index (Phi) is 7.58. The minimum absolute atomic E-state index is 0.0622. The van der Waals surface area contributed by atoms with Crippen molar-refractivity contribution in [2.24, 2.45) is 21.3 Å². The molecule has 6 rings (SSSR count). The second kappa shape index (κ2) is 11.4. The number of anilines is 1. The summed E-state index contributed by atoms with van der Waals surface area (Å²) in [5.41, 5.74) is 5.97. The summed E-state index contributed by atoms with van der Waals surface area (Å²) in [7, 11) is 0. The Morgan fingerprint density at radius 2 is 1.74 bits per heavy atom. The van der Waals surface area contributed by atoms with Gasteiger partial charge in [-0.25, -0.2) is 9.98 Å². The Bertz CT molecular complexity index is 1400. The first-order valence-electron chi connectivity index (χ1n) is 14.0. The molecule has 0 radical (unpaired) electrons. The average molecular weight is 540 g/mol. The second-order valence-corrected chi connectivity index (χ2v) is 11.5. The summed E-state index contributed by atoms with van der Waals surface area (Å²) in [6.07, 6.45) is 9.46. The van der Waals surface area contributed by atoms with Gasteiger partial charge in [-0.1, -0.05) is 48.5 Å². The van der Waals surface area contributed by atoms with Crippen LogP contribution in [0, 0.1) is 11.3 Å². The van der Waals surface area contributed by atoms with E-state index < -0.39 is 0 Å². The molecule has 3 aliphatic rings. The normalized spacial score (nSPS) is 22.4. The number of piperidine rings is 1. The molecule has 1 aromatic heterocycles. The summed E-state index contributed by atoms with van der Waals surface area (Å²) in [6, 6.07) is 20.7. The van der Waals surface area contributed by atoms with Crippen molar-refractivity contribution in [3.63, 3.8) is 0 Å². The molecule has 1 aliphatic carbocycles. The molecule has 2 atom stereocenters. The van der Waals surface area contributed by atoms with E-state index in [1.54, 1.807) is 6.20 Å². The van der Waals surface area contributed by atoms with Gasteiger partial charge >= 0.3 is 0 Å². The lowest BCUT2D eigenvalue weighted by atomic mass is 9.75. The van der Waals surface area contributed by atoms with Crippen LogP contribution in [0.5, 0.6) is 0 Å². The summed E-state index contributed by atoms with van der Waals surface area (Å²) in [5.74, 6) is 1.20. The zero-order valence-corrected chi connectivity index (χ0v) is 22.8. The molecule has 7 heteroatoms. The number of alkyl halides is 1. The predicted octanol–water partition coefficient (Wildman–Crippen LogP) is 5.91. The molecule has 1 saturated carbocycles. The molecule has 200 valence electrons. The third kappa shape index (κ3) is 5.68. The fourth-order valence-electron chi connectivity index (χ4n) is 6.25. The highest BCUT2D eigenvalue weighted by molar-refractivity contribution is 6.37. The van der Waals surface area contributed by atoms with Gasteiger partial charge in [0.2, 0.25) is 5.96 Å². The number of nitrogens with zero attached hydrogens (tertiary/aromatic N) is 3. The van der Waals surface area contributed by atoms with Gasteiger partial charge in [-0.3, -0.25) is 9.78 Å². The smallest absolute Gasteiger partial charge is 0.222 e. The number of guanidine groups is 1. The second-order valence-electron chi connectivity index (χ2n) is 11.0. The van der Waals surface area contributed by atoms with Gasteiger partial charge in [0.25, 0.3) is 0 Å². The topological polar surface area (TPSA) is 78.7 Å². The number of Topliss-reactive ketones (excluding diaryl/α,β-unsaturated/α-hetero) is 1. The zero-order chi connectivity index (χ0) is 26.7. The third-order valence-electron chi connectivity index (χ3n) is 8.45. The molecular weight excluding hydrogens is 506 g/mol. The van der Waals surface area contributed by atoms with Crippen molar-refractivity contribution >= 4 is 34.7 Å². The van der Waals surface area contributed by atoms with E-state index in [2.05, 4.69) is 50.9 Å². The van der Waals surface area contributed by atoms with Crippen molar-refractivity contribution in [1.82, 2.24) is 10.3 Å². The quantitative estimate of drug-likeness (QED) is 0.382. The summed E-state index contributed by atoms with van der Waals surface area (Å²) in [4.78, 5) is 27.0. The number of nitrogens with one attached hydrogen (secondary N) is 2. The maximum atomic E-state index is 13.2. The Morgan fingerprint density at radius 1 is 0.949 bits per heavy atom. The number of carbonyl (C=O) groups is 1. The Hall–Kier alpha value is -3.35. The van der Waals surface area contributed by atoms with Crippen molar-refractivity contribution in [3.05, 3.63) is 84.2 Å². The van der Waals surface area contributed by atoms with Gasteiger partial charge in [0, 0.05) is 17.5 Å². The Labute approximate surface area is 235 Å². The maximum Gasteiger partial charge on any atom is 0.222 e. The van der Waals surface area contributed by atoms with Crippen molar-refractivity contribution in [1.29, 1.82) is 0 Å². The van der Waals surface area contributed by atoms with Crippen LogP contribution in [-0.2, 0) is 11.2 Å². The van der Waals surface area contributed by atoms with Crippen molar-refractivity contribution in [3.8, 4) is 11.1 Å². The van der Waals surface area contributed by atoms with E-state index >= 15 is 0 Å². The number of benzene rings is 2. The molecule has 0 bridgehead atoms. The van der Waals surface area contributed by atoms with E-state index in [1.807, 2.05) is 36.5 Å². The Balaban J connectivity index is 1.12. The van der Waals surface area contributed by atoms with Crippen LogP contribution in [-0.4, -0.2) is 47.4 Å². The molecule has 1 spiro atoms. The van der Waals surface area contributed by atoms with Crippen LogP contribution in [0.1, 0.15) is 43.2 Å². The van der Waals surface area contributed by atoms with Gasteiger partial charge in [0.05, 0.1) is 29.5 Å². The van der Waals surface area contributed by atoms with Crippen LogP contribution in [0.15, 0.2) is 83.0 Å². The summed E-state index contributed by atoms with van der Waals surface area (Å²) >= 11 is 6.67. The number of hydrogen-bond acceptors (Lipinski definition) is 6. The number of carbonyl (C=O) groups excluding carboxylic acids is 1. The molecule has 3 aromatic rings. The van der Waals surface area contributed by atoms with Crippen LogP contribution in [0.2, 0.25) is 0 Å². The van der Waals surface area contributed by atoms with Gasteiger partial charge in [0.15, 0.2) is 0 Å². The number of ketones is 1. The highest BCUT2D eigenvalue weighted by Crippen LogP contribution is 2.46.